The molecule has 0 atom stereocenters. The topological polar surface area (TPSA) is 37.3 Å². The van der Waals surface area contributed by atoms with Crippen LogP contribution in [0.2, 0.25) is 0 Å². The van der Waals surface area contributed by atoms with E-state index >= 15 is 0 Å². The van der Waals surface area contributed by atoms with Gasteiger partial charge in [-0.2, -0.15) is 0 Å². The average molecular weight is 257 g/mol. The average Bonchev–Trinajstić information content (AvgIpc) is 2.18. The number of aliphatic hydroxyl groups is 1. The number of hydrogen-bond donors (Lipinski definition) is 1. The second kappa shape index (κ2) is 5.27. The quantitative estimate of drug-likeness (QED) is 0.837. The van der Waals surface area contributed by atoms with Crippen molar-refractivity contribution in [1.82, 2.24) is 0 Å². The molecule has 2 nitrogen and oxygen atoms in total. The smallest absolute Gasteiger partial charge is 0.147 e. The molecule has 0 amide bonds. The Balaban J connectivity index is 2.81. The van der Waals surface area contributed by atoms with E-state index in [2.05, 4.69) is 15.9 Å². The summed E-state index contributed by atoms with van der Waals surface area (Å²) in [6.45, 7) is 1.99. The van der Waals surface area contributed by atoms with E-state index in [1.165, 1.54) is 0 Å². The lowest BCUT2D eigenvalue weighted by Crippen LogP contribution is -2.04. The van der Waals surface area contributed by atoms with Gasteiger partial charge in [0.1, 0.15) is 5.78 Å². The molecule has 3 heteroatoms. The molecule has 76 valence electrons. The van der Waals surface area contributed by atoms with Crippen molar-refractivity contribution in [3.63, 3.8) is 0 Å². The molecule has 0 aromatic heterocycles. The Bertz CT molecular complexity index is 334. The van der Waals surface area contributed by atoms with Crippen LogP contribution in [0.1, 0.15) is 16.7 Å². The molecule has 0 aliphatic rings. The summed E-state index contributed by atoms with van der Waals surface area (Å²) >= 11 is 3.13. The summed E-state index contributed by atoms with van der Waals surface area (Å²) < 4.78 is 0. The first-order chi connectivity index (χ1) is 6.67. The molecular formula is C11H13BrO2. The second-order valence-electron chi connectivity index (χ2n) is 3.27. The van der Waals surface area contributed by atoms with E-state index in [4.69, 9.17) is 5.11 Å². The minimum atomic E-state index is 0.0541. The highest BCUT2D eigenvalue weighted by Crippen LogP contribution is 2.12. The van der Waals surface area contributed by atoms with Crippen LogP contribution in [-0.2, 0) is 17.8 Å². The maximum absolute atomic E-state index is 11.2. The van der Waals surface area contributed by atoms with Gasteiger partial charge in [-0.25, -0.2) is 0 Å². The number of Topliss-reactive ketones (excluding diaryl/α,β-unsaturated/α-hetero) is 1. The van der Waals surface area contributed by atoms with E-state index in [1.807, 2.05) is 25.1 Å². The van der Waals surface area contributed by atoms with E-state index in [0.717, 1.165) is 16.7 Å². The second-order valence-corrected chi connectivity index (χ2v) is 3.83. The highest BCUT2D eigenvalue weighted by Gasteiger charge is 2.03. The van der Waals surface area contributed by atoms with Gasteiger partial charge in [0, 0.05) is 6.42 Å². The Morgan fingerprint density at radius 3 is 2.71 bits per heavy atom. The monoisotopic (exact) mass is 256 g/mol. The van der Waals surface area contributed by atoms with Crippen molar-refractivity contribution in [3.05, 3.63) is 34.9 Å². The third-order valence-electron chi connectivity index (χ3n) is 2.13. The van der Waals surface area contributed by atoms with Gasteiger partial charge >= 0.3 is 0 Å². The third-order valence-corrected chi connectivity index (χ3v) is 2.75. The molecule has 0 aliphatic heterocycles. The van der Waals surface area contributed by atoms with Gasteiger partial charge in [-0.1, -0.05) is 34.1 Å². The van der Waals surface area contributed by atoms with Crippen LogP contribution in [0.3, 0.4) is 0 Å². The summed E-state index contributed by atoms with van der Waals surface area (Å²) in [7, 11) is 0. The number of benzene rings is 1. The van der Waals surface area contributed by atoms with Gasteiger partial charge in [0.15, 0.2) is 0 Å². The normalized spacial score (nSPS) is 10.2. The zero-order valence-corrected chi connectivity index (χ0v) is 9.67. The Labute approximate surface area is 92.1 Å². The predicted molar refractivity (Wildman–Crippen MR) is 59.6 cm³/mol. The van der Waals surface area contributed by atoms with Crippen molar-refractivity contribution < 1.29 is 9.90 Å². The first-order valence-corrected chi connectivity index (χ1v) is 5.56. The molecular weight excluding hydrogens is 244 g/mol. The lowest BCUT2D eigenvalue weighted by atomic mass is 10.0. The van der Waals surface area contributed by atoms with Gasteiger partial charge < -0.3 is 5.11 Å². The number of rotatable bonds is 4. The predicted octanol–water partition coefficient (Wildman–Crippen LogP) is 1.99. The lowest BCUT2D eigenvalue weighted by Gasteiger charge is -2.05. The van der Waals surface area contributed by atoms with Crippen molar-refractivity contribution in [3.8, 4) is 0 Å². The molecule has 1 aromatic rings. The maximum atomic E-state index is 11.2. The molecule has 0 spiro atoms. The van der Waals surface area contributed by atoms with Gasteiger partial charge in [0.05, 0.1) is 11.9 Å². The fourth-order valence-electron chi connectivity index (χ4n) is 1.32. The SMILES string of the molecule is Cc1cc(CC(=O)CBr)ccc1CO. The number of carbonyl (C=O) groups is 1. The minimum Gasteiger partial charge on any atom is -0.392 e. The summed E-state index contributed by atoms with van der Waals surface area (Å²) in [6, 6.07) is 5.71. The van der Waals surface area contributed by atoms with Crippen molar-refractivity contribution in [2.75, 3.05) is 5.33 Å². The largest absolute Gasteiger partial charge is 0.392 e. The van der Waals surface area contributed by atoms with E-state index in [-0.39, 0.29) is 12.4 Å². The maximum Gasteiger partial charge on any atom is 0.147 e. The fraction of sp³-hybridized carbons (Fsp3) is 0.364. The molecule has 0 unspecified atom stereocenters. The Hall–Kier alpha value is -0.670. The molecule has 0 radical (unpaired) electrons. The Morgan fingerprint density at radius 1 is 1.50 bits per heavy atom. The Morgan fingerprint density at radius 2 is 2.21 bits per heavy atom. The zero-order valence-electron chi connectivity index (χ0n) is 8.09. The summed E-state index contributed by atoms with van der Waals surface area (Å²) in [4.78, 5) is 11.2. The Kier molecular flexibility index (Phi) is 4.29. The summed E-state index contributed by atoms with van der Waals surface area (Å²) in [5.41, 5.74) is 2.96. The highest BCUT2D eigenvalue weighted by molar-refractivity contribution is 9.09. The van der Waals surface area contributed by atoms with Crippen molar-refractivity contribution >= 4 is 21.7 Å². The highest BCUT2D eigenvalue weighted by atomic mass is 79.9. The molecule has 0 aliphatic carbocycles. The first kappa shape index (κ1) is 11.4. The summed E-state index contributed by atoms with van der Waals surface area (Å²) in [5, 5.41) is 9.36. The molecule has 0 saturated carbocycles. The molecule has 0 heterocycles. The van der Waals surface area contributed by atoms with E-state index < -0.39 is 0 Å². The number of aryl methyl sites for hydroxylation is 1. The molecule has 0 fully saturated rings. The number of alkyl halides is 1. The number of hydrogen-bond acceptors (Lipinski definition) is 2. The van der Waals surface area contributed by atoms with Crippen LogP contribution in [0.5, 0.6) is 0 Å². The zero-order chi connectivity index (χ0) is 10.6. The first-order valence-electron chi connectivity index (χ1n) is 4.44. The molecule has 1 aromatic carbocycles. The van der Waals surface area contributed by atoms with Crippen LogP contribution in [-0.4, -0.2) is 16.2 Å². The third kappa shape index (κ3) is 2.93. The number of aliphatic hydroxyl groups excluding tert-OH is 1. The molecule has 0 saturated heterocycles. The van der Waals surface area contributed by atoms with Gasteiger partial charge in [0.25, 0.3) is 0 Å². The molecule has 0 bridgehead atoms. The van der Waals surface area contributed by atoms with Gasteiger partial charge in [-0.15, -0.1) is 0 Å². The van der Waals surface area contributed by atoms with Crippen LogP contribution in [0, 0.1) is 6.92 Å². The fourth-order valence-corrected chi connectivity index (χ4v) is 1.52. The van der Waals surface area contributed by atoms with Crippen molar-refractivity contribution in [1.29, 1.82) is 0 Å². The van der Waals surface area contributed by atoms with Crippen LogP contribution in [0.25, 0.3) is 0 Å². The van der Waals surface area contributed by atoms with Crippen LogP contribution in [0.4, 0.5) is 0 Å². The van der Waals surface area contributed by atoms with E-state index in [1.54, 1.807) is 0 Å². The number of ketones is 1. The van der Waals surface area contributed by atoms with Crippen molar-refractivity contribution in [2.24, 2.45) is 0 Å². The molecule has 1 N–H and O–H groups in total. The van der Waals surface area contributed by atoms with Crippen LogP contribution in [0.15, 0.2) is 18.2 Å². The number of halogens is 1. The molecule has 1 rings (SSSR count). The van der Waals surface area contributed by atoms with Gasteiger partial charge in [0.2, 0.25) is 0 Å². The van der Waals surface area contributed by atoms with Crippen LogP contribution < -0.4 is 0 Å². The van der Waals surface area contributed by atoms with Gasteiger partial charge in [-0.05, 0) is 23.6 Å². The van der Waals surface area contributed by atoms with Crippen molar-refractivity contribution in [2.45, 2.75) is 20.0 Å². The molecule has 14 heavy (non-hydrogen) atoms. The number of carbonyl (C=O) groups excluding carboxylic acids is 1. The summed E-state index contributed by atoms with van der Waals surface area (Å²) in [5.74, 6) is 0.168. The van der Waals surface area contributed by atoms with Crippen LogP contribution >= 0.6 is 15.9 Å². The van der Waals surface area contributed by atoms with Gasteiger partial charge in [-0.3, -0.25) is 4.79 Å². The minimum absolute atomic E-state index is 0.0541. The summed E-state index contributed by atoms with van der Waals surface area (Å²) in [6.07, 6.45) is 0.456. The van der Waals surface area contributed by atoms with E-state index in [9.17, 15) is 4.79 Å². The lowest BCUT2D eigenvalue weighted by molar-refractivity contribution is -0.115. The standard InChI is InChI=1S/C11H13BrO2/c1-8-4-9(5-11(14)6-12)2-3-10(8)7-13/h2-4,13H,5-7H2,1H3. The van der Waals surface area contributed by atoms with E-state index in [0.29, 0.717) is 11.8 Å².